The number of esters is 1. The molecule has 6 heteroatoms. The average molecular weight is 302 g/mol. The van der Waals surface area contributed by atoms with Gasteiger partial charge in [0.25, 0.3) is 5.91 Å². The van der Waals surface area contributed by atoms with Crippen LogP contribution in [0.5, 0.6) is 0 Å². The van der Waals surface area contributed by atoms with Crippen LogP contribution in [0.4, 0.5) is 5.69 Å². The first-order valence-electron chi connectivity index (χ1n) is 7.13. The lowest BCUT2D eigenvalue weighted by Gasteiger charge is -2.04. The molecule has 2 rings (SSSR count). The van der Waals surface area contributed by atoms with Crippen LogP contribution in [-0.2, 0) is 14.3 Å². The number of hydrogen-bond donors (Lipinski definition) is 2. The molecule has 0 saturated heterocycles. The lowest BCUT2D eigenvalue weighted by Crippen LogP contribution is -2.14. The Bertz CT molecular complexity index is 650. The maximum atomic E-state index is 11.9. The van der Waals surface area contributed by atoms with E-state index in [0.717, 1.165) is 12.8 Å². The molecule has 2 N–H and O–H groups in total. The van der Waals surface area contributed by atoms with Gasteiger partial charge in [-0.25, -0.2) is 4.79 Å². The Kier molecular flexibility index (Phi) is 4.93. The maximum absolute atomic E-state index is 11.9. The number of ether oxygens (including phenoxy) is 1. The number of rotatable bonds is 5. The van der Waals surface area contributed by atoms with Crippen molar-refractivity contribution in [1.29, 1.82) is 0 Å². The number of hydrogen-bond acceptors (Lipinski definition) is 4. The largest absolute Gasteiger partial charge is 0.462 e. The van der Waals surface area contributed by atoms with Crippen molar-refractivity contribution >= 4 is 29.2 Å². The third-order valence-electron chi connectivity index (χ3n) is 3.13. The normalized spacial score (nSPS) is 14.5. The second kappa shape index (κ2) is 6.89. The smallest absolute Gasteiger partial charge is 0.332 e. The van der Waals surface area contributed by atoms with Crippen molar-refractivity contribution in [2.45, 2.75) is 26.7 Å². The summed E-state index contributed by atoms with van der Waals surface area (Å²) in [6.45, 7) is 3.76. The minimum Gasteiger partial charge on any atom is -0.462 e. The van der Waals surface area contributed by atoms with Gasteiger partial charge in [-0.05, 0) is 18.6 Å². The molecule has 0 fully saturated rings. The van der Waals surface area contributed by atoms with Crippen LogP contribution >= 0.6 is 0 Å². The van der Waals surface area contributed by atoms with E-state index in [-0.39, 0.29) is 11.8 Å². The third-order valence-corrected chi connectivity index (χ3v) is 3.13. The molecule has 0 bridgehead atoms. The molecule has 0 aromatic heterocycles. The zero-order chi connectivity index (χ0) is 16.1. The Morgan fingerprint density at radius 2 is 2.09 bits per heavy atom. The van der Waals surface area contributed by atoms with E-state index in [0.29, 0.717) is 29.1 Å². The number of carbonyl (C=O) groups is 3. The first kappa shape index (κ1) is 15.8. The minimum atomic E-state index is -0.484. The fourth-order valence-corrected chi connectivity index (χ4v) is 2.10. The van der Waals surface area contributed by atoms with Crippen LogP contribution in [0.15, 0.2) is 24.3 Å². The number of unbranched alkanes of at least 4 members (excludes halogenated alkanes) is 1. The summed E-state index contributed by atoms with van der Waals surface area (Å²) in [5, 5.41) is 5.24. The van der Waals surface area contributed by atoms with E-state index in [2.05, 4.69) is 10.6 Å². The molecular weight excluding hydrogens is 284 g/mol. The van der Waals surface area contributed by atoms with E-state index in [1.54, 1.807) is 18.2 Å². The molecular formula is C16H18N2O4. The highest BCUT2D eigenvalue weighted by Crippen LogP contribution is 2.27. The molecule has 1 heterocycles. The number of amides is 2. The number of benzene rings is 1. The van der Waals surface area contributed by atoms with Gasteiger partial charge in [0.05, 0.1) is 17.9 Å². The average Bonchev–Trinajstić information content (AvgIpc) is 2.75. The third kappa shape index (κ3) is 3.72. The monoisotopic (exact) mass is 302 g/mol. The van der Waals surface area contributed by atoms with Gasteiger partial charge in [-0.15, -0.1) is 0 Å². The molecule has 0 spiro atoms. The lowest BCUT2D eigenvalue weighted by molar-refractivity contribution is -0.137. The first-order chi connectivity index (χ1) is 10.5. The molecule has 1 aromatic rings. The van der Waals surface area contributed by atoms with Gasteiger partial charge < -0.3 is 15.4 Å². The standard InChI is InChI=1S/C16H18N2O4/c1-3-4-7-22-15(20)9-14-12-6-5-11(17-10(2)19)8-13(12)16(21)18-14/h5-6,8-9H,3-4,7H2,1-2H3,(H,17,19)(H,18,21)/b14-9-. The molecule has 1 aromatic carbocycles. The molecule has 0 saturated carbocycles. The van der Waals surface area contributed by atoms with Crippen molar-refractivity contribution in [2.75, 3.05) is 11.9 Å². The van der Waals surface area contributed by atoms with E-state index in [9.17, 15) is 14.4 Å². The van der Waals surface area contributed by atoms with Gasteiger partial charge in [-0.2, -0.15) is 0 Å². The van der Waals surface area contributed by atoms with Crippen molar-refractivity contribution in [1.82, 2.24) is 5.32 Å². The Labute approximate surface area is 128 Å². The Balaban J connectivity index is 2.18. The zero-order valence-electron chi connectivity index (χ0n) is 12.6. The number of nitrogens with one attached hydrogen (secondary N) is 2. The summed E-state index contributed by atoms with van der Waals surface area (Å²) in [5.74, 6) is -1.01. The van der Waals surface area contributed by atoms with Gasteiger partial charge in [0.1, 0.15) is 0 Å². The van der Waals surface area contributed by atoms with Crippen molar-refractivity contribution in [2.24, 2.45) is 0 Å². The van der Waals surface area contributed by atoms with E-state index in [1.807, 2.05) is 6.92 Å². The van der Waals surface area contributed by atoms with Crippen molar-refractivity contribution < 1.29 is 19.1 Å². The summed E-state index contributed by atoms with van der Waals surface area (Å²) in [4.78, 5) is 34.7. The van der Waals surface area contributed by atoms with Crippen LogP contribution in [0.2, 0.25) is 0 Å². The number of carbonyl (C=O) groups excluding carboxylic acids is 3. The van der Waals surface area contributed by atoms with Crippen LogP contribution in [0.25, 0.3) is 5.70 Å². The Hall–Kier alpha value is -2.63. The van der Waals surface area contributed by atoms with Gasteiger partial charge in [0.15, 0.2) is 0 Å². The van der Waals surface area contributed by atoms with E-state index >= 15 is 0 Å². The maximum Gasteiger partial charge on any atom is 0.332 e. The van der Waals surface area contributed by atoms with Gasteiger partial charge in [-0.3, -0.25) is 9.59 Å². The fraction of sp³-hybridized carbons (Fsp3) is 0.312. The number of fused-ring (bicyclic) bond motifs is 1. The highest BCUT2D eigenvalue weighted by molar-refractivity contribution is 6.12. The lowest BCUT2D eigenvalue weighted by atomic mass is 10.1. The molecule has 0 radical (unpaired) electrons. The van der Waals surface area contributed by atoms with Crippen molar-refractivity contribution in [3.63, 3.8) is 0 Å². The van der Waals surface area contributed by atoms with Gasteiger partial charge >= 0.3 is 5.97 Å². The van der Waals surface area contributed by atoms with Gasteiger partial charge in [0, 0.05) is 24.3 Å². The highest BCUT2D eigenvalue weighted by Gasteiger charge is 2.24. The first-order valence-corrected chi connectivity index (χ1v) is 7.13. The quantitative estimate of drug-likeness (QED) is 0.495. The van der Waals surface area contributed by atoms with Crippen LogP contribution in [-0.4, -0.2) is 24.4 Å². The fourth-order valence-electron chi connectivity index (χ4n) is 2.10. The molecule has 22 heavy (non-hydrogen) atoms. The highest BCUT2D eigenvalue weighted by atomic mass is 16.5. The summed E-state index contributed by atoms with van der Waals surface area (Å²) in [7, 11) is 0. The van der Waals surface area contributed by atoms with Crippen molar-refractivity contribution in [3.05, 3.63) is 35.4 Å². The zero-order valence-corrected chi connectivity index (χ0v) is 12.6. The predicted octanol–water partition coefficient (Wildman–Crippen LogP) is 2.07. The molecule has 2 amide bonds. The molecule has 0 unspecified atom stereocenters. The minimum absolute atomic E-state index is 0.214. The topological polar surface area (TPSA) is 84.5 Å². The van der Waals surface area contributed by atoms with Crippen LogP contribution < -0.4 is 10.6 Å². The van der Waals surface area contributed by atoms with Crippen LogP contribution in [0.3, 0.4) is 0 Å². The predicted molar refractivity (Wildman–Crippen MR) is 82.1 cm³/mol. The van der Waals surface area contributed by atoms with E-state index in [1.165, 1.54) is 13.0 Å². The van der Waals surface area contributed by atoms with E-state index in [4.69, 9.17) is 4.74 Å². The summed E-state index contributed by atoms with van der Waals surface area (Å²) in [6.07, 6.45) is 3.02. The molecule has 116 valence electrons. The second-order valence-corrected chi connectivity index (χ2v) is 4.97. The number of anilines is 1. The van der Waals surface area contributed by atoms with E-state index < -0.39 is 5.97 Å². The molecule has 0 atom stereocenters. The van der Waals surface area contributed by atoms with Crippen LogP contribution in [0, 0.1) is 0 Å². The summed E-state index contributed by atoms with van der Waals surface area (Å²) in [6, 6.07) is 4.94. The summed E-state index contributed by atoms with van der Waals surface area (Å²) >= 11 is 0. The SMILES string of the molecule is CCCCOC(=O)/C=C1\NC(=O)c2cc(NC(C)=O)ccc21. The molecule has 0 aliphatic carbocycles. The van der Waals surface area contributed by atoms with Crippen molar-refractivity contribution in [3.8, 4) is 0 Å². The molecule has 1 aliphatic rings. The van der Waals surface area contributed by atoms with Gasteiger partial charge in [-0.1, -0.05) is 19.4 Å². The van der Waals surface area contributed by atoms with Crippen LogP contribution in [0.1, 0.15) is 42.6 Å². The summed E-state index contributed by atoms with van der Waals surface area (Å²) in [5.41, 5.74) is 1.98. The molecule has 6 nitrogen and oxygen atoms in total. The Morgan fingerprint density at radius 3 is 2.77 bits per heavy atom. The second-order valence-electron chi connectivity index (χ2n) is 4.97. The Morgan fingerprint density at radius 1 is 1.32 bits per heavy atom. The van der Waals surface area contributed by atoms with Gasteiger partial charge in [0.2, 0.25) is 5.91 Å². The summed E-state index contributed by atoms with van der Waals surface area (Å²) < 4.78 is 5.05. The molecule has 1 aliphatic heterocycles.